The van der Waals surface area contributed by atoms with E-state index < -0.39 is 0 Å². The maximum Gasteiger partial charge on any atom is 0.0643 e. The second-order valence-electron chi connectivity index (χ2n) is 3.96. The van der Waals surface area contributed by atoms with Gasteiger partial charge in [0.2, 0.25) is 0 Å². The van der Waals surface area contributed by atoms with Crippen LogP contribution in [0.1, 0.15) is 17.3 Å². The monoisotopic (exact) mass is 250 g/mol. The zero-order chi connectivity index (χ0) is 12.3. The van der Waals surface area contributed by atoms with Crippen molar-refractivity contribution in [1.82, 2.24) is 15.2 Å². The topological polar surface area (TPSA) is 55.9 Å². The number of aromatic nitrogens is 2. The number of hydrogen-bond donors (Lipinski definition) is 2. The van der Waals surface area contributed by atoms with Crippen LogP contribution in [0.2, 0.25) is 5.02 Å². The van der Waals surface area contributed by atoms with E-state index in [9.17, 15) is 0 Å². The predicted molar refractivity (Wildman–Crippen MR) is 68.4 cm³/mol. The van der Waals surface area contributed by atoms with Crippen LogP contribution < -0.4 is 11.3 Å². The molecule has 0 radical (unpaired) electrons. The van der Waals surface area contributed by atoms with E-state index in [-0.39, 0.29) is 6.04 Å². The fourth-order valence-electron chi connectivity index (χ4n) is 1.78. The fourth-order valence-corrected chi connectivity index (χ4v) is 1.98. The molecule has 4 nitrogen and oxygen atoms in total. The first-order valence-electron chi connectivity index (χ1n) is 5.39. The zero-order valence-corrected chi connectivity index (χ0v) is 10.4. The summed E-state index contributed by atoms with van der Waals surface area (Å²) in [5, 5.41) is 5.05. The van der Waals surface area contributed by atoms with Gasteiger partial charge >= 0.3 is 0 Å². The van der Waals surface area contributed by atoms with Gasteiger partial charge in [-0.1, -0.05) is 23.7 Å². The fraction of sp³-hybridized carbons (Fsp3) is 0.250. The summed E-state index contributed by atoms with van der Waals surface area (Å²) < 4.78 is 1.78. The molecule has 2 rings (SSSR count). The number of rotatable bonds is 4. The molecule has 0 amide bonds. The number of benzene rings is 1. The van der Waals surface area contributed by atoms with Crippen LogP contribution in [0.5, 0.6) is 0 Å². The van der Waals surface area contributed by atoms with Crippen LogP contribution in [-0.4, -0.2) is 9.78 Å². The molecule has 0 bridgehead atoms. The van der Waals surface area contributed by atoms with Crippen LogP contribution in [0, 0.1) is 0 Å². The van der Waals surface area contributed by atoms with Crippen LogP contribution >= 0.6 is 11.6 Å². The third-order valence-corrected chi connectivity index (χ3v) is 2.87. The van der Waals surface area contributed by atoms with Gasteiger partial charge < -0.3 is 0 Å². The van der Waals surface area contributed by atoms with Crippen LogP contribution in [0.4, 0.5) is 0 Å². The predicted octanol–water partition coefficient (Wildman–Crippen LogP) is 1.82. The Morgan fingerprint density at radius 1 is 1.47 bits per heavy atom. The molecule has 3 N–H and O–H groups in total. The molecule has 0 aliphatic heterocycles. The molecule has 90 valence electrons. The van der Waals surface area contributed by atoms with Crippen molar-refractivity contribution in [2.24, 2.45) is 12.9 Å². The summed E-state index contributed by atoms with van der Waals surface area (Å²) in [5.41, 5.74) is 4.85. The number of nitrogens with one attached hydrogen (secondary N) is 1. The number of nitrogens with two attached hydrogens (primary N) is 1. The lowest BCUT2D eigenvalue weighted by atomic mass is 10.0. The molecule has 0 saturated carbocycles. The van der Waals surface area contributed by atoms with Crippen molar-refractivity contribution >= 4 is 11.6 Å². The molecular formula is C12H15ClN4. The Hall–Kier alpha value is -1.36. The van der Waals surface area contributed by atoms with Crippen molar-refractivity contribution < 1.29 is 0 Å². The first-order valence-corrected chi connectivity index (χ1v) is 5.77. The van der Waals surface area contributed by atoms with Crippen LogP contribution in [0.3, 0.4) is 0 Å². The molecule has 1 heterocycles. The summed E-state index contributed by atoms with van der Waals surface area (Å²) in [6.45, 7) is 0. The summed E-state index contributed by atoms with van der Waals surface area (Å²) in [6, 6.07) is 9.67. The van der Waals surface area contributed by atoms with Crippen LogP contribution in [-0.2, 0) is 13.5 Å². The van der Waals surface area contributed by atoms with E-state index in [0.29, 0.717) is 5.02 Å². The Kier molecular flexibility index (Phi) is 3.78. The highest BCUT2D eigenvalue weighted by molar-refractivity contribution is 6.30. The average Bonchev–Trinajstić information content (AvgIpc) is 2.72. The normalized spacial score (nSPS) is 12.6. The van der Waals surface area contributed by atoms with Crippen molar-refractivity contribution in [3.63, 3.8) is 0 Å². The van der Waals surface area contributed by atoms with Gasteiger partial charge in [-0.05, 0) is 23.8 Å². The summed E-state index contributed by atoms with van der Waals surface area (Å²) in [5.74, 6) is 5.58. The molecule has 17 heavy (non-hydrogen) atoms. The molecular weight excluding hydrogens is 236 g/mol. The Bertz CT molecular complexity index is 495. The molecule has 0 aliphatic rings. The SMILES string of the molecule is Cn1ccc(CC(NN)c2cccc(Cl)c2)n1. The van der Waals surface area contributed by atoms with Crippen LogP contribution in [0.15, 0.2) is 36.5 Å². The van der Waals surface area contributed by atoms with Gasteiger partial charge in [0.15, 0.2) is 0 Å². The lowest BCUT2D eigenvalue weighted by Crippen LogP contribution is -2.29. The van der Waals surface area contributed by atoms with E-state index in [1.54, 1.807) is 4.68 Å². The van der Waals surface area contributed by atoms with Gasteiger partial charge in [0.1, 0.15) is 0 Å². The van der Waals surface area contributed by atoms with Gasteiger partial charge in [-0.2, -0.15) is 5.10 Å². The van der Waals surface area contributed by atoms with Gasteiger partial charge in [-0.15, -0.1) is 0 Å². The van der Waals surface area contributed by atoms with E-state index in [2.05, 4.69) is 10.5 Å². The highest BCUT2D eigenvalue weighted by Crippen LogP contribution is 2.20. The number of halogens is 1. The molecule has 0 saturated heterocycles. The summed E-state index contributed by atoms with van der Waals surface area (Å²) in [6.07, 6.45) is 2.65. The highest BCUT2D eigenvalue weighted by Gasteiger charge is 2.12. The third kappa shape index (κ3) is 3.06. The quantitative estimate of drug-likeness (QED) is 0.643. The van der Waals surface area contributed by atoms with E-state index in [4.69, 9.17) is 17.4 Å². The van der Waals surface area contributed by atoms with E-state index >= 15 is 0 Å². The molecule has 2 aromatic rings. The minimum atomic E-state index is 0.0172. The summed E-state index contributed by atoms with van der Waals surface area (Å²) in [4.78, 5) is 0. The number of nitrogens with zero attached hydrogens (tertiary/aromatic N) is 2. The maximum absolute atomic E-state index is 5.96. The second-order valence-corrected chi connectivity index (χ2v) is 4.40. The number of aryl methyl sites for hydroxylation is 1. The first kappa shape index (κ1) is 12.1. The van der Waals surface area contributed by atoms with E-state index in [1.165, 1.54) is 0 Å². The lowest BCUT2D eigenvalue weighted by Gasteiger charge is -2.15. The molecule has 1 atom stereocenters. The van der Waals surface area contributed by atoms with Crippen molar-refractivity contribution in [2.45, 2.75) is 12.5 Å². The maximum atomic E-state index is 5.96. The summed E-state index contributed by atoms with van der Waals surface area (Å²) in [7, 11) is 1.90. The average molecular weight is 251 g/mol. The Balaban J connectivity index is 2.16. The highest BCUT2D eigenvalue weighted by atomic mass is 35.5. The molecule has 1 aromatic carbocycles. The smallest absolute Gasteiger partial charge is 0.0643 e. The van der Waals surface area contributed by atoms with Gasteiger partial charge in [-0.25, -0.2) is 0 Å². The Morgan fingerprint density at radius 3 is 2.88 bits per heavy atom. The molecule has 0 fully saturated rings. The summed E-state index contributed by atoms with van der Waals surface area (Å²) >= 11 is 5.96. The largest absolute Gasteiger partial charge is 0.276 e. The minimum Gasteiger partial charge on any atom is -0.276 e. The Morgan fingerprint density at radius 2 is 2.29 bits per heavy atom. The van der Waals surface area contributed by atoms with Crippen molar-refractivity contribution in [3.05, 3.63) is 52.8 Å². The molecule has 0 aliphatic carbocycles. The van der Waals surface area contributed by atoms with E-state index in [1.807, 2.05) is 43.6 Å². The van der Waals surface area contributed by atoms with Gasteiger partial charge in [-0.3, -0.25) is 16.0 Å². The van der Waals surface area contributed by atoms with Gasteiger partial charge in [0, 0.05) is 24.7 Å². The first-order chi connectivity index (χ1) is 8.19. The van der Waals surface area contributed by atoms with E-state index in [0.717, 1.165) is 17.7 Å². The lowest BCUT2D eigenvalue weighted by molar-refractivity contribution is 0.541. The van der Waals surface area contributed by atoms with Crippen molar-refractivity contribution in [3.8, 4) is 0 Å². The molecule has 0 spiro atoms. The zero-order valence-electron chi connectivity index (χ0n) is 9.60. The Labute approximate surface area is 105 Å². The van der Waals surface area contributed by atoms with Crippen LogP contribution in [0.25, 0.3) is 0 Å². The molecule has 1 unspecified atom stereocenters. The molecule has 5 heteroatoms. The minimum absolute atomic E-state index is 0.0172. The number of hydrazine groups is 1. The van der Waals surface area contributed by atoms with Gasteiger partial charge in [0.25, 0.3) is 0 Å². The standard InChI is InChI=1S/C12H15ClN4/c1-17-6-5-11(16-17)8-12(15-14)9-3-2-4-10(13)7-9/h2-7,12,15H,8,14H2,1H3. The van der Waals surface area contributed by atoms with Crippen molar-refractivity contribution in [2.75, 3.05) is 0 Å². The second kappa shape index (κ2) is 5.31. The molecule has 1 aromatic heterocycles. The third-order valence-electron chi connectivity index (χ3n) is 2.63. The number of hydrogen-bond acceptors (Lipinski definition) is 3. The van der Waals surface area contributed by atoms with Crippen molar-refractivity contribution in [1.29, 1.82) is 0 Å². The van der Waals surface area contributed by atoms with Gasteiger partial charge in [0.05, 0.1) is 11.7 Å².